The van der Waals surface area contributed by atoms with Crippen molar-refractivity contribution in [1.82, 2.24) is 0 Å². The summed E-state index contributed by atoms with van der Waals surface area (Å²) in [7, 11) is -3.49. The average molecular weight is 284 g/mol. The number of carbonyl (C=O) groups excluding carboxylic acids is 1. The maximum atomic E-state index is 12.8. The Kier molecular flexibility index (Phi) is 5.48. The Hall–Kier alpha value is -0.960. The highest BCUT2D eigenvalue weighted by Crippen LogP contribution is 2.60. The summed E-state index contributed by atoms with van der Waals surface area (Å²) in [5.74, 6) is -0.238. The highest BCUT2D eigenvalue weighted by molar-refractivity contribution is 7.56. The first-order valence-corrected chi connectivity index (χ1v) is 7.92. The minimum atomic E-state index is -3.49. The minimum Gasteiger partial charge on any atom is -0.308 e. The Morgan fingerprint density at radius 2 is 1.58 bits per heavy atom. The first-order chi connectivity index (χ1) is 8.89. The van der Waals surface area contributed by atoms with Gasteiger partial charge in [-0.15, -0.1) is 0 Å². The zero-order chi connectivity index (χ0) is 14.5. The highest BCUT2D eigenvalue weighted by Gasteiger charge is 2.49. The molecule has 1 rings (SSSR count). The third-order valence-electron chi connectivity index (χ3n) is 2.87. The van der Waals surface area contributed by atoms with Crippen molar-refractivity contribution in [3.63, 3.8) is 0 Å². The zero-order valence-electron chi connectivity index (χ0n) is 11.9. The summed E-state index contributed by atoms with van der Waals surface area (Å²) >= 11 is 0. The van der Waals surface area contributed by atoms with Crippen molar-refractivity contribution in [2.45, 2.75) is 32.9 Å². The molecule has 5 heteroatoms. The summed E-state index contributed by atoms with van der Waals surface area (Å²) < 4.78 is 23.4. The molecule has 0 spiro atoms. The van der Waals surface area contributed by atoms with Crippen molar-refractivity contribution >= 4 is 13.4 Å². The highest BCUT2D eigenvalue weighted by atomic mass is 31.2. The van der Waals surface area contributed by atoms with Crippen molar-refractivity contribution in [1.29, 1.82) is 0 Å². The molecule has 0 aliphatic heterocycles. The van der Waals surface area contributed by atoms with E-state index in [1.54, 1.807) is 52.0 Å². The summed E-state index contributed by atoms with van der Waals surface area (Å²) in [6.07, 6.45) is 0. The second-order valence-corrected chi connectivity index (χ2v) is 7.22. The van der Waals surface area contributed by atoms with E-state index in [0.717, 1.165) is 0 Å². The molecule has 4 nitrogen and oxygen atoms in total. The van der Waals surface area contributed by atoms with Crippen LogP contribution in [0.25, 0.3) is 0 Å². The van der Waals surface area contributed by atoms with E-state index in [2.05, 4.69) is 0 Å². The fourth-order valence-corrected chi connectivity index (χ4v) is 3.54. The molecule has 0 fully saturated rings. The maximum Gasteiger partial charge on any atom is 0.343 e. The standard InChI is InChI=1S/C14H21O4P/c1-5-17-19(16,18-6-2)14(3,4)13(15)12-10-8-7-9-11-12/h7-11H,5-6H2,1-4H3. The second kappa shape index (κ2) is 6.47. The van der Waals surface area contributed by atoms with Crippen LogP contribution in [0, 0.1) is 0 Å². The molecular formula is C14H21O4P. The van der Waals surface area contributed by atoms with Crippen LogP contribution in [0.5, 0.6) is 0 Å². The van der Waals surface area contributed by atoms with E-state index in [4.69, 9.17) is 9.05 Å². The quantitative estimate of drug-likeness (QED) is 0.562. The van der Waals surface area contributed by atoms with E-state index in [0.29, 0.717) is 5.56 Å². The van der Waals surface area contributed by atoms with Crippen LogP contribution in [0.4, 0.5) is 0 Å². The van der Waals surface area contributed by atoms with Gasteiger partial charge in [-0.25, -0.2) is 0 Å². The summed E-state index contributed by atoms with van der Waals surface area (Å²) in [5, 5.41) is -1.21. The summed E-state index contributed by atoms with van der Waals surface area (Å²) in [6, 6.07) is 8.78. The minimum absolute atomic E-state index is 0.238. The van der Waals surface area contributed by atoms with Gasteiger partial charge in [0.2, 0.25) is 0 Å². The lowest BCUT2D eigenvalue weighted by molar-refractivity contribution is 0.0923. The summed E-state index contributed by atoms with van der Waals surface area (Å²) in [4.78, 5) is 12.5. The van der Waals surface area contributed by atoms with Crippen LogP contribution in [0.2, 0.25) is 0 Å². The van der Waals surface area contributed by atoms with Crippen LogP contribution in [0.1, 0.15) is 38.1 Å². The lowest BCUT2D eigenvalue weighted by atomic mass is 10.0. The van der Waals surface area contributed by atoms with E-state index in [1.807, 2.05) is 6.07 Å². The van der Waals surface area contributed by atoms with E-state index in [1.165, 1.54) is 0 Å². The van der Waals surface area contributed by atoms with Crippen LogP contribution in [-0.4, -0.2) is 24.2 Å². The fourth-order valence-electron chi connectivity index (χ4n) is 1.77. The van der Waals surface area contributed by atoms with Gasteiger partial charge in [0.15, 0.2) is 5.78 Å². The largest absolute Gasteiger partial charge is 0.343 e. The van der Waals surface area contributed by atoms with Crippen molar-refractivity contribution in [2.24, 2.45) is 0 Å². The number of Topliss-reactive ketones (excluding diaryl/α,β-unsaturated/α-hetero) is 1. The van der Waals surface area contributed by atoms with Gasteiger partial charge in [0.25, 0.3) is 0 Å². The third kappa shape index (κ3) is 3.33. The van der Waals surface area contributed by atoms with Crippen LogP contribution < -0.4 is 0 Å². The topological polar surface area (TPSA) is 52.6 Å². The summed E-state index contributed by atoms with van der Waals surface area (Å²) in [5.41, 5.74) is 0.507. The molecule has 0 heterocycles. The van der Waals surface area contributed by atoms with Crippen LogP contribution in [0.15, 0.2) is 30.3 Å². The first kappa shape index (κ1) is 16.1. The van der Waals surface area contributed by atoms with Crippen molar-refractivity contribution in [3.8, 4) is 0 Å². The molecule has 0 N–H and O–H groups in total. The summed E-state index contributed by atoms with van der Waals surface area (Å²) in [6.45, 7) is 7.15. The normalized spacial score (nSPS) is 12.4. The Morgan fingerprint density at radius 1 is 1.11 bits per heavy atom. The van der Waals surface area contributed by atoms with Gasteiger partial charge in [-0.3, -0.25) is 9.36 Å². The first-order valence-electron chi connectivity index (χ1n) is 6.38. The fraction of sp³-hybridized carbons (Fsp3) is 0.500. The van der Waals surface area contributed by atoms with Gasteiger partial charge in [-0.05, 0) is 27.7 Å². The number of benzene rings is 1. The van der Waals surface area contributed by atoms with Gasteiger partial charge in [-0.1, -0.05) is 30.3 Å². The predicted molar refractivity (Wildman–Crippen MR) is 75.7 cm³/mol. The molecule has 19 heavy (non-hydrogen) atoms. The van der Waals surface area contributed by atoms with Gasteiger partial charge in [0.05, 0.1) is 13.2 Å². The molecule has 0 aliphatic rings. The number of ketones is 1. The molecule has 0 aromatic heterocycles. The van der Waals surface area contributed by atoms with E-state index in [-0.39, 0.29) is 19.0 Å². The molecule has 1 aromatic carbocycles. The van der Waals surface area contributed by atoms with Gasteiger partial charge in [0.1, 0.15) is 5.16 Å². The molecule has 0 amide bonds. The molecule has 106 valence electrons. The van der Waals surface area contributed by atoms with Crippen LogP contribution in [-0.2, 0) is 13.6 Å². The van der Waals surface area contributed by atoms with E-state index in [9.17, 15) is 9.36 Å². The van der Waals surface area contributed by atoms with Crippen LogP contribution in [0.3, 0.4) is 0 Å². The van der Waals surface area contributed by atoms with Gasteiger partial charge < -0.3 is 9.05 Å². The number of hydrogen-bond donors (Lipinski definition) is 0. The third-order valence-corrected chi connectivity index (χ3v) is 5.64. The van der Waals surface area contributed by atoms with E-state index >= 15 is 0 Å². The van der Waals surface area contributed by atoms with Gasteiger partial charge in [-0.2, -0.15) is 0 Å². The molecule has 0 unspecified atom stereocenters. The Labute approximate surface area is 114 Å². The Balaban J connectivity index is 3.13. The smallest absolute Gasteiger partial charge is 0.308 e. The number of hydrogen-bond acceptors (Lipinski definition) is 4. The molecule has 0 saturated carbocycles. The predicted octanol–water partition coefficient (Wildman–Crippen LogP) is 3.91. The monoisotopic (exact) mass is 284 g/mol. The molecular weight excluding hydrogens is 263 g/mol. The Morgan fingerprint density at radius 3 is 2.00 bits per heavy atom. The maximum absolute atomic E-state index is 12.8. The van der Waals surface area contributed by atoms with Crippen molar-refractivity contribution in [2.75, 3.05) is 13.2 Å². The average Bonchev–Trinajstić information content (AvgIpc) is 2.39. The Bertz CT molecular complexity index is 458. The molecule has 0 saturated heterocycles. The van der Waals surface area contributed by atoms with Gasteiger partial charge >= 0.3 is 7.60 Å². The van der Waals surface area contributed by atoms with Crippen molar-refractivity contribution < 1.29 is 18.4 Å². The van der Waals surface area contributed by atoms with Crippen LogP contribution >= 0.6 is 7.60 Å². The molecule has 1 aromatic rings. The molecule has 0 radical (unpaired) electrons. The van der Waals surface area contributed by atoms with E-state index < -0.39 is 12.8 Å². The second-order valence-electron chi connectivity index (χ2n) is 4.59. The number of rotatable bonds is 7. The lowest BCUT2D eigenvalue weighted by Crippen LogP contribution is -2.33. The molecule has 0 atom stereocenters. The zero-order valence-corrected chi connectivity index (χ0v) is 12.8. The molecule has 0 aliphatic carbocycles. The lowest BCUT2D eigenvalue weighted by Gasteiger charge is -2.31. The number of carbonyl (C=O) groups is 1. The van der Waals surface area contributed by atoms with Gasteiger partial charge in [0, 0.05) is 5.56 Å². The molecule has 0 bridgehead atoms. The SMILES string of the molecule is CCOP(=O)(OCC)C(C)(C)C(=O)c1ccccc1. The van der Waals surface area contributed by atoms with Crippen molar-refractivity contribution in [3.05, 3.63) is 35.9 Å².